The van der Waals surface area contributed by atoms with Crippen LogP contribution in [0.25, 0.3) is 0 Å². The Hall–Kier alpha value is -2.37. The highest BCUT2D eigenvalue weighted by atomic mass is 16.7. The van der Waals surface area contributed by atoms with Crippen LogP contribution in [-0.2, 0) is 28.6 Å². The molecule has 0 aliphatic heterocycles. The van der Waals surface area contributed by atoms with E-state index in [-0.39, 0.29) is 12.7 Å². The lowest BCUT2D eigenvalue weighted by atomic mass is 10.0. The number of carbonyl (C=O) groups excluding carboxylic acids is 3. The quantitative estimate of drug-likeness (QED) is 0.211. The fourth-order valence-corrected chi connectivity index (χ4v) is 2.76. The van der Waals surface area contributed by atoms with Gasteiger partial charge in [0.15, 0.2) is 6.61 Å². The summed E-state index contributed by atoms with van der Waals surface area (Å²) >= 11 is 0. The molecule has 3 N–H and O–H groups in total. The van der Waals surface area contributed by atoms with Gasteiger partial charge in [0, 0.05) is 13.1 Å². The molecule has 0 fully saturated rings. The summed E-state index contributed by atoms with van der Waals surface area (Å²) in [6, 6.07) is 0. The van der Waals surface area contributed by atoms with Crippen LogP contribution in [0.2, 0.25) is 0 Å². The number of hydrogen-bond donors (Lipinski definition) is 3. The number of carbonyl (C=O) groups is 3. The molecule has 1 unspecified atom stereocenters. The molecule has 0 radical (unpaired) electrons. The summed E-state index contributed by atoms with van der Waals surface area (Å²) in [5.74, 6) is -0.403. The molecule has 1 aliphatic carbocycles. The normalized spacial score (nSPS) is 17.2. The number of rotatable bonds is 13. The summed E-state index contributed by atoms with van der Waals surface area (Å²) in [7, 11) is 0. The summed E-state index contributed by atoms with van der Waals surface area (Å²) in [6.07, 6.45) is 7.85. The minimum absolute atomic E-state index is 0.0300. The standard InChI is InChI=1S/C22H39N3O8/c1-22(2,3)33-21(28)25-31-17-19(26)23-11-13-29-15-16-30-14-12-24-20(27)32-18-9-7-5-4-6-8-10-18/h4-5,18H,6-17H2,1-3H3,(H,23,26)(H,24,27)(H,25,28)/b5-4+. The van der Waals surface area contributed by atoms with Crippen molar-refractivity contribution in [2.45, 2.75) is 64.6 Å². The lowest BCUT2D eigenvalue weighted by Gasteiger charge is -2.19. The molecule has 0 aromatic rings. The maximum atomic E-state index is 11.8. The second kappa shape index (κ2) is 17.2. The van der Waals surface area contributed by atoms with Gasteiger partial charge in [-0.3, -0.25) is 9.63 Å². The second-order valence-corrected chi connectivity index (χ2v) is 8.40. The van der Waals surface area contributed by atoms with Gasteiger partial charge >= 0.3 is 12.2 Å². The monoisotopic (exact) mass is 473 g/mol. The van der Waals surface area contributed by atoms with Crippen LogP contribution in [0.4, 0.5) is 9.59 Å². The van der Waals surface area contributed by atoms with E-state index in [1.807, 2.05) is 5.48 Å². The topological polar surface area (TPSA) is 133 Å². The van der Waals surface area contributed by atoms with Gasteiger partial charge in [0.25, 0.3) is 0 Å². The van der Waals surface area contributed by atoms with Gasteiger partial charge in [-0.2, -0.15) is 5.48 Å². The number of allylic oxidation sites excluding steroid dienone is 2. The van der Waals surface area contributed by atoms with Gasteiger partial charge in [-0.25, -0.2) is 9.59 Å². The predicted octanol–water partition coefficient (Wildman–Crippen LogP) is 2.21. The third-order valence-corrected chi connectivity index (χ3v) is 4.21. The van der Waals surface area contributed by atoms with Crippen LogP contribution in [-0.4, -0.2) is 75.9 Å². The first-order valence-electron chi connectivity index (χ1n) is 11.4. The van der Waals surface area contributed by atoms with Crippen molar-refractivity contribution in [1.29, 1.82) is 0 Å². The largest absolute Gasteiger partial charge is 0.446 e. The molecule has 1 rings (SSSR count). The molecular weight excluding hydrogens is 434 g/mol. The molecule has 0 heterocycles. The number of hydroxylamine groups is 1. The van der Waals surface area contributed by atoms with Crippen molar-refractivity contribution in [3.63, 3.8) is 0 Å². The Labute approximate surface area is 195 Å². The zero-order chi connectivity index (χ0) is 24.4. The maximum absolute atomic E-state index is 11.8. The van der Waals surface area contributed by atoms with Crippen LogP contribution < -0.4 is 16.1 Å². The smallest absolute Gasteiger partial charge is 0.431 e. The number of hydrogen-bond acceptors (Lipinski definition) is 8. The number of ether oxygens (including phenoxy) is 4. The summed E-state index contributed by atoms with van der Waals surface area (Å²) in [5, 5.41) is 5.27. The number of alkyl carbamates (subject to hydrolysis) is 1. The summed E-state index contributed by atoms with van der Waals surface area (Å²) < 4.78 is 21.1. The maximum Gasteiger partial charge on any atom is 0.431 e. The Balaban J connectivity index is 1.88. The van der Waals surface area contributed by atoms with E-state index in [0.29, 0.717) is 39.5 Å². The SMILES string of the molecule is CC(C)(C)OC(=O)NOCC(=O)NCCOCCOCCNC(=O)OC1CC/C=C/CCC1. The summed E-state index contributed by atoms with van der Waals surface area (Å²) in [5.41, 5.74) is 1.38. The molecule has 0 spiro atoms. The van der Waals surface area contributed by atoms with Crippen molar-refractivity contribution in [3.05, 3.63) is 12.2 Å². The fraction of sp³-hybridized carbons (Fsp3) is 0.773. The Kier molecular flexibility index (Phi) is 14.9. The van der Waals surface area contributed by atoms with Crippen LogP contribution in [0.15, 0.2) is 12.2 Å². The highest BCUT2D eigenvalue weighted by Crippen LogP contribution is 2.15. The van der Waals surface area contributed by atoms with Gasteiger partial charge in [0.2, 0.25) is 5.91 Å². The zero-order valence-corrected chi connectivity index (χ0v) is 20.0. The van der Waals surface area contributed by atoms with E-state index in [4.69, 9.17) is 23.8 Å². The van der Waals surface area contributed by atoms with E-state index in [1.165, 1.54) is 0 Å². The first-order valence-corrected chi connectivity index (χ1v) is 11.4. The third-order valence-electron chi connectivity index (χ3n) is 4.21. The number of nitrogens with one attached hydrogen (secondary N) is 3. The predicted molar refractivity (Wildman–Crippen MR) is 120 cm³/mol. The molecule has 1 aliphatic rings. The second-order valence-electron chi connectivity index (χ2n) is 8.40. The average Bonchev–Trinajstić information content (AvgIpc) is 2.70. The molecule has 3 amide bonds. The van der Waals surface area contributed by atoms with Crippen molar-refractivity contribution in [3.8, 4) is 0 Å². The molecule has 190 valence electrons. The summed E-state index contributed by atoms with van der Waals surface area (Å²) in [6.45, 7) is 6.84. The van der Waals surface area contributed by atoms with E-state index in [0.717, 1.165) is 32.1 Å². The van der Waals surface area contributed by atoms with Gasteiger partial charge in [-0.1, -0.05) is 12.2 Å². The molecule has 0 aromatic carbocycles. The Bertz CT molecular complexity index is 607. The lowest BCUT2D eigenvalue weighted by molar-refractivity contribution is -0.128. The van der Waals surface area contributed by atoms with Crippen molar-refractivity contribution >= 4 is 18.1 Å². The van der Waals surface area contributed by atoms with Crippen molar-refractivity contribution in [2.75, 3.05) is 46.1 Å². The fourth-order valence-electron chi connectivity index (χ4n) is 2.76. The van der Waals surface area contributed by atoms with Crippen LogP contribution >= 0.6 is 0 Å². The third kappa shape index (κ3) is 17.8. The summed E-state index contributed by atoms with van der Waals surface area (Å²) in [4.78, 5) is 39.5. The van der Waals surface area contributed by atoms with Crippen molar-refractivity contribution in [1.82, 2.24) is 16.1 Å². The van der Waals surface area contributed by atoms with E-state index < -0.39 is 23.7 Å². The molecule has 11 heteroatoms. The van der Waals surface area contributed by atoms with Gasteiger partial charge in [0.05, 0.1) is 26.4 Å². The van der Waals surface area contributed by atoms with E-state index >= 15 is 0 Å². The Morgan fingerprint density at radius 2 is 1.55 bits per heavy atom. The van der Waals surface area contributed by atoms with E-state index in [1.54, 1.807) is 20.8 Å². The Morgan fingerprint density at radius 1 is 0.879 bits per heavy atom. The molecule has 11 nitrogen and oxygen atoms in total. The highest BCUT2D eigenvalue weighted by molar-refractivity contribution is 5.77. The molecule has 0 aromatic heterocycles. The zero-order valence-electron chi connectivity index (χ0n) is 20.0. The van der Waals surface area contributed by atoms with Gasteiger partial charge in [-0.15, -0.1) is 0 Å². The molecule has 0 bridgehead atoms. The van der Waals surface area contributed by atoms with E-state index in [2.05, 4.69) is 22.8 Å². The molecule has 0 saturated heterocycles. The van der Waals surface area contributed by atoms with Crippen LogP contribution in [0.5, 0.6) is 0 Å². The van der Waals surface area contributed by atoms with Crippen molar-refractivity contribution in [2.24, 2.45) is 0 Å². The minimum Gasteiger partial charge on any atom is -0.446 e. The van der Waals surface area contributed by atoms with Crippen LogP contribution in [0.3, 0.4) is 0 Å². The molecular formula is C22H39N3O8. The van der Waals surface area contributed by atoms with Crippen molar-refractivity contribution < 1.29 is 38.2 Å². The average molecular weight is 474 g/mol. The Morgan fingerprint density at radius 3 is 2.24 bits per heavy atom. The first-order chi connectivity index (χ1) is 15.8. The van der Waals surface area contributed by atoms with Crippen LogP contribution in [0, 0.1) is 0 Å². The highest BCUT2D eigenvalue weighted by Gasteiger charge is 2.16. The van der Waals surface area contributed by atoms with Crippen LogP contribution in [0.1, 0.15) is 52.9 Å². The van der Waals surface area contributed by atoms with Gasteiger partial charge in [0.1, 0.15) is 11.7 Å². The van der Waals surface area contributed by atoms with Gasteiger partial charge in [-0.05, 0) is 52.9 Å². The van der Waals surface area contributed by atoms with Gasteiger partial charge < -0.3 is 29.6 Å². The molecule has 1 atom stereocenters. The molecule has 0 saturated carbocycles. The number of amides is 3. The first kappa shape index (κ1) is 28.7. The molecule has 33 heavy (non-hydrogen) atoms. The lowest BCUT2D eigenvalue weighted by Crippen LogP contribution is -2.37. The van der Waals surface area contributed by atoms with E-state index in [9.17, 15) is 14.4 Å². The minimum atomic E-state index is -0.765.